The summed E-state index contributed by atoms with van der Waals surface area (Å²) in [6.07, 6.45) is 2.89. The molecule has 1 N–H and O–H groups in total. The lowest BCUT2D eigenvalue weighted by molar-refractivity contribution is 0.565. The number of nitrogens with one attached hydrogen (secondary N) is 1. The molecule has 5 heteroatoms. The molecule has 0 radical (unpaired) electrons. The average Bonchev–Trinajstić information content (AvgIpc) is 2.35. The van der Waals surface area contributed by atoms with Crippen molar-refractivity contribution in [2.45, 2.75) is 47.1 Å². The Kier molecular flexibility index (Phi) is 6.55. The summed E-state index contributed by atoms with van der Waals surface area (Å²) in [6, 6.07) is 0.410. The summed E-state index contributed by atoms with van der Waals surface area (Å²) in [4.78, 5) is 11.3. The van der Waals surface area contributed by atoms with Crippen molar-refractivity contribution in [3.8, 4) is 0 Å². The zero-order valence-electron chi connectivity index (χ0n) is 12.6. The Morgan fingerprint density at radius 1 is 1.32 bits per heavy atom. The van der Waals surface area contributed by atoms with Gasteiger partial charge < -0.3 is 10.2 Å². The van der Waals surface area contributed by atoms with E-state index in [0.29, 0.717) is 17.9 Å². The third kappa shape index (κ3) is 4.97. The van der Waals surface area contributed by atoms with Crippen molar-refractivity contribution in [2.24, 2.45) is 5.92 Å². The summed E-state index contributed by atoms with van der Waals surface area (Å²) in [5, 5.41) is 3.24. The maximum absolute atomic E-state index is 4.64. The largest absolute Gasteiger partial charge is 0.354 e. The van der Waals surface area contributed by atoms with Crippen molar-refractivity contribution in [1.82, 2.24) is 9.97 Å². The monoisotopic (exact) mass is 328 g/mol. The summed E-state index contributed by atoms with van der Waals surface area (Å²) in [5.41, 5.74) is 0. The van der Waals surface area contributed by atoms with Gasteiger partial charge in [-0.05, 0) is 42.1 Å². The third-order valence-corrected chi connectivity index (χ3v) is 3.28. The normalized spacial score (nSPS) is 11.2. The van der Waals surface area contributed by atoms with Crippen molar-refractivity contribution in [3.63, 3.8) is 0 Å². The van der Waals surface area contributed by atoms with Gasteiger partial charge in [-0.15, -0.1) is 0 Å². The van der Waals surface area contributed by atoms with Crippen molar-refractivity contribution in [2.75, 3.05) is 23.3 Å². The molecule has 0 atom stereocenters. The molecule has 0 aliphatic rings. The number of hydrogen-bond donors (Lipinski definition) is 1. The summed E-state index contributed by atoms with van der Waals surface area (Å²) in [5.74, 6) is 2.27. The van der Waals surface area contributed by atoms with Crippen LogP contribution >= 0.6 is 15.9 Å². The van der Waals surface area contributed by atoms with Gasteiger partial charge in [-0.2, -0.15) is 4.98 Å². The first-order valence-electron chi connectivity index (χ1n) is 6.98. The van der Waals surface area contributed by atoms with Crippen LogP contribution in [0.1, 0.15) is 41.0 Å². The van der Waals surface area contributed by atoms with Crippen LogP contribution in [0.3, 0.4) is 0 Å². The van der Waals surface area contributed by atoms with Crippen LogP contribution in [0.2, 0.25) is 0 Å². The van der Waals surface area contributed by atoms with Crippen LogP contribution in [-0.4, -0.2) is 29.1 Å². The van der Waals surface area contributed by atoms with Gasteiger partial charge in [0.15, 0.2) is 0 Å². The van der Waals surface area contributed by atoms with Gasteiger partial charge in [-0.1, -0.05) is 20.8 Å². The summed E-state index contributed by atoms with van der Waals surface area (Å²) >= 11 is 3.56. The minimum Gasteiger partial charge on any atom is -0.354 e. The van der Waals surface area contributed by atoms with Gasteiger partial charge >= 0.3 is 0 Å². The summed E-state index contributed by atoms with van der Waals surface area (Å²) in [7, 11) is 0. The van der Waals surface area contributed by atoms with Gasteiger partial charge in [0, 0.05) is 25.3 Å². The highest BCUT2D eigenvalue weighted by Gasteiger charge is 2.17. The van der Waals surface area contributed by atoms with Crippen LogP contribution in [0.5, 0.6) is 0 Å². The standard InChI is InChI=1S/C14H25BrN4/c1-6-7-16-14-17-8-12(15)13(18-14)19(11(4)5)9-10(2)3/h8,10-11H,6-7,9H2,1-5H3,(H,16,17,18). The maximum atomic E-state index is 4.64. The molecule has 0 saturated carbocycles. The highest BCUT2D eigenvalue weighted by molar-refractivity contribution is 9.10. The van der Waals surface area contributed by atoms with E-state index in [1.54, 1.807) is 0 Å². The van der Waals surface area contributed by atoms with Crippen LogP contribution in [0, 0.1) is 5.92 Å². The Balaban J connectivity index is 2.99. The van der Waals surface area contributed by atoms with Crippen LogP contribution in [0.25, 0.3) is 0 Å². The van der Waals surface area contributed by atoms with E-state index >= 15 is 0 Å². The van der Waals surface area contributed by atoms with Crippen LogP contribution in [0.15, 0.2) is 10.7 Å². The molecule has 0 fully saturated rings. The fourth-order valence-electron chi connectivity index (χ4n) is 1.82. The average molecular weight is 329 g/mol. The molecule has 4 nitrogen and oxygen atoms in total. The van der Waals surface area contributed by atoms with E-state index in [1.165, 1.54) is 0 Å². The number of anilines is 2. The number of rotatable bonds is 7. The van der Waals surface area contributed by atoms with Crippen molar-refractivity contribution in [1.29, 1.82) is 0 Å². The van der Waals surface area contributed by atoms with Crippen molar-refractivity contribution in [3.05, 3.63) is 10.7 Å². The van der Waals surface area contributed by atoms with Crippen molar-refractivity contribution < 1.29 is 0 Å². The molecule has 0 saturated heterocycles. The van der Waals surface area contributed by atoms with Crippen molar-refractivity contribution >= 4 is 27.7 Å². The number of halogens is 1. The SMILES string of the molecule is CCCNc1ncc(Br)c(N(CC(C)C)C(C)C)n1. The first kappa shape index (κ1) is 16.2. The topological polar surface area (TPSA) is 41.1 Å². The minimum atomic E-state index is 0.410. The molecule has 1 heterocycles. The number of hydrogen-bond acceptors (Lipinski definition) is 4. The Morgan fingerprint density at radius 3 is 2.53 bits per heavy atom. The van der Waals surface area contributed by atoms with Gasteiger partial charge in [0.2, 0.25) is 5.95 Å². The molecule has 0 unspecified atom stereocenters. The Morgan fingerprint density at radius 2 is 2.00 bits per heavy atom. The highest BCUT2D eigenvalue weighted by Crippen LogP contribution is 2.26. The minimum absolute atomic E-state index is 0.410. The quantitative estimate of drug-likeness (QED) is 0.823. The van der Waals surface area contributed by atoms with Gasteiger partial charge in [0.05, 0.1) is 4.47 Å². The molecule has 1 aromatic rings. The zero-order valence-corrected chi connectivity index (χ0v) is 14.2. The Hall–Kier alpha value is -0.840. The van der Waals surface area contributed by atoms with Crippen LogP contribution in [0.4, 0.5) is 11.8 Å². The molecule has 0 amide bonds. The maximum Gasteiger partial charge on any atom is 0.224 e. The van der Waals surface area contributed by atoms with Gasteiger partial charge in [-0.25, -0.2) is 4.98 Å². The highest BCUT2D eigenvalue weighted by atomic mass is 79.9. The second-order valence-corrected chi connectivity index (χ2v) is 6.29. The zero-order chi connectivity index (χ0) is 14.4. The van der Waals surface area contributed by atoms with E-state index in [1.807, 2.05) is 6.20 Å². The summed E-state index contributed by atoms with van der Waals surface area (Å²) in [6.45, 7) is 12.8. The van der Waals surface area contributed by atoms with E-state index in [-0.39, 0.29) is 0 Å². The molecule has 0 bridgehead atoms. The van der Waals surface area contributed by atoms with E-state index < -0.39 is 0 Å². The van der Waals surface area contributed by atoms with E-state index in [2.05, 4.69) is 70.7 Å². The van der Waals surface area contributed by atoms with Gasteiger partial charge in [0.25, 0.3) is 0 Å². The first-order chi connectivity index (χ1) is 8.95. The lowest BCUT2D eigenvalue weighted by atomic mass is 10.2. The van der Waals surface area contributed by atoms with Crippen LogP contribution < -0.4 is 10.2 Å². The van der Waals surface area contributed by atoms with Gasteiger partial charge in [0.1, 0.15) is 5.82 Å². The third-order valence-electron chi connectivity index (χ3n) is 2.72. The molecule has 0 aromatic carbocycles. The fraction of sp³-hybridized carbons (Fsp3) is 0.714. The second-order valence-electron chi connectivity index (χ2n) is 5.43. The van der Waals surface area contributed by atoms with E-state index in [9.17, 15) is 0 Å². The van der Waals surface area contributed by atoms with E-state index in [0.717, 1.165) is 29.8 Å². The molecular weight excluding hydrogens is 304 g/mol. The molecule has 1 rings (SSSR count). The lowest BCUT2D eigenvalue weighted by Crippen LogP contribution is -2.35. The molecule has 0 aliphatic carbocycles. The Labute approximate surface area is 125 Å². The van der Waals surface area contributed by atoms with E-state index in [4.69, 9.17) is 0 Å². The molecule has 1 aromatic heterocycles. The van der Waals surface area contributed by atoms with Gasteiger partial charge in [-0.3, -0.25) is 0 Å². The second kappa shape index (κ2) is 7.68. The number of nitrogens with zero attached hydrogens (tertiary/aromatic N) is 3. The molecule has 0 aliphatic heterocycles. The smallest absolute Gasteiger partial charge is 0.224 e. The van der Waals surface area contributed by atoms with Crippen LogP contribution in [-0.2, 0) is 0 Å². The predicted octanol–water partition coefficient (Wildman–Crippen LogP) is 3.93. The molecule has 108 valence electrons. The number of aromatic nitrogens is 2. The summed E-state index contributed by atoms with van der Waals surface area (Å²) < 4.78 is 0.948. The molecule has 0 spiro atoms. The lowest BCUT2D eigenvalue weighted by Gasteiger charge is -2.30. The first-order valence-corrected chi connectivity index (χ1v) is 7.78. The predicted molar refractivity (Wildman–Crippen MR) is 85.8 cm³/mol. The molecular formula is C14H25BrN4. The molecule has 19 heavy (non-hydrogen) atoms. The Bertz CT molecular complexity index is 393. The fourth-order valence-corrected chi connectivity index (χ4v) is 2.24.